The van der Waals surface area contributed by atoms with E-state index in [4.69, 9.17) is 10.5 Å². The number of nitrogens with two attached hydrogens (primary N) is 1. The van der Waals surface area contributed by atoms with Gasteiger partial charge in [0.1, 0.15) is 17.4 Å². The number of nitrogen functional groups attached to an aromatic ring is 1. The number of hydrogen-bond acceptors (Lipinski definition) is 4. The van der Waals surface area contributed by atoms with E-state index in [1.807, 2.05) is 19.1 Å². The Labute approximate surface area is 120 Å². The van der Waals surface area contributed by atoms with Gasteiger partial charge in [0.2, 0.25) is 5.88 Å². The van der Waals surface area contributed by atoms with Crippen LogP contribution in [0.5, 0.6) is 11.6 Å². The number of rotatable bonds is 5. The summed E-state index contributed by atoms with van der Waals surface area (Å²) in [5.41, 5.74) is 7.06. The summed E-state index contributed by atoms with van der Waals surface area (Å²) in [6.45, 7) is 6.39. The van der Waals surface area contributed by atoms with Crippen LogP contribution in [0, 0.1) is 0 Å². The quantitative estimate of drug-likeness (QED) is 0.895. The lowest BCUT2D eigenvalue weighted by molar-refractivity contribution is 0.459. The molecule has 0 aliphatic heterocycles. The maximum absolute atomic E-state index is 5.74. The number of hydrogen-bond donors (Lipinski definition) is 1. The van der Waals surface area contributed by atoms with E-state index < -0.39 is 0 Å². The molecule has 2 N–H and O–H groups in total. The van der Waals surface area contributed by atoms with Gasteiger partial charge in [-0.25, -0.2) is 4.98 Å². The van der Waals surface area contributed by atoms with E-state index in [1.54, 1.807) is 6.07 Å². The summed E-state index contributed by atoms with van der Waals surface area (Å²) in [6.07, 6.45) is 1.86. The largest absolute Gasteiger partial charge is 0.439 e. The van der Waals surface area contributed by atoms with Crippen molar-refractivity contribution in [1.82, 2.24) is 9.97 Å². The van der Waals surface area contributed by atoms with Crippen molar-refractivity contribution in [2.24, 2.45) is 0 Å². The van der Waals surface area contributed by atoms with Gasteiger partial charge in [-0.2, -0.15) is 4.98 Å². The molecule has 4 heteroatoms. The molecule has 0 amide bonds. The van der Waals surface area contributed by atoms with E-state index in [2.05, 4.69) is 35.9 Å². The Morgan fingerprint density at radius 2 is 1.85 bits per heavy atom. The van der Waals surface area contributed by atoms with Crippen molar-refractivity contribution in [3.63, 3.8) is 0 Å². The zero-order valence-electron chi connectivity index (χ0n) is 12.3. The van der Waals surface area contributed by atoms with E-state index in [1.165, 1.54) is 5.56 Å². The minimum atomic E-state index is 0.433. The normalized spacial score (nSPS) is 12.2. The molecule has 0 aliphatic rings. The van der Waals surface area contributed by atoms with Crippen LogP contribution in [0.3, 0.4) is 0 Å². The molecule has 1 aromatic heterocycles. The van der Waals surface area contributed by atoms with Crippen LogP contribution < -0.4 is 10.5 Å². The first-order chi connectivity index (χ1) is 9.62. The van der Waals surface area contributed by atoms with Crippen molar-refractivity contribution in [3.05, 3.63) is 41.7 Å². The van der Waals surface area contributed by atoms with E-state index in [0.717, 1.165) is 18.6 Å². The lowest BCUT2D eigenvalue weighted by Gasteiger charge is -2.10. The van der Waals surface area contributed by atoms with Gasteiger partial charge in [0.05, 0.1) is 0 Å². The van der Waals surface area contributed by atoms with Gasteiger partial charge in [0, 0.05) is 12.5 Å². The average molecular weight is 271 g/mol. The van der Waals surface area contributed by atoms with Gasteiger partial charge in [-0.05, 0) is 30.0 Å². The molecular weight excluding hydrogens is 250 g/mol. The van der Waals surface area contributed by atoms with Crippen molar-refractivity contribution in [2.75, 3.05) is 5.73 Å². The maximum atomic E-state index is 5.74. The monoisotopic (exact) mass is 271 g/mol. The van der Waals surface area contributed by atoms with Crippen LogP contribution in [0.15, 0.2) is 30.3 Å². The molecule has 2 aromatic rings. The maximum Gasteiger partial charge on any atom is 0.224 e. The molecule has 0 radical (unpaired) electrons. The van der Waals surface area contributed by atoms with E-state index in [0.29, 0.717) is 23.4 Å². The smallest absolute Gasteiger partial charge is 0.224 e. The predicted octanol–water partition coefficient (Wildman–Crippen LogP) is 3.93. The van der Waals surface area contributed by atoms with Gasteiger partial charge < -0.3 is 10.5 Å². The minimum Gasteiger partial charge on any atom is -0.439 e. The molecule has 4 nitrogen and oxygen atoms in total. The second kappa shape index (κ2) is 6.37. The first kappa shape index (κ1) is 14.3. The summed E-state index contributed by atoms with van der Waals surface area (Å²) in [5.74, 6) is 2.94. The molecule has 1 heterocycles. The van der Waals surface area contributed by atoms with Crippen molar-refractivity contribution in [2.45, 2.75) is 39.5 Å². The molecule has 0 fully saturated rings. The fourth-order valence-electron chi connectivity index (χ4n) is 1.92. The fourth-order valence-corrected chi connectivity index (χ4v) is 1.92. The summed E-state index contributed by atoms with van der Waals surface area (Å²) in [6, 6.07) is 9.75. The topological polar surface area (TPSA) is 61.0 Å². The molecule has 0 saturated heterocycles. The highest BCUT2D eigenvalue weighted by Crippen LogP contribution is 2.25. The number of nitrogens with zero attached hydrogens (tertiary/aromatic N) is 2. The lowest BCUT2D eigenvalue weighted by Crippen LogP contribution is -2.00. The van der Waals surface area contributed by atoms with Crippen molar-refractivity contribution >= 4 is 5.82 Å². The zero-order chi connectivity index (χ0) is 14.5. The van der Waals surface area contributed by atoms with Crippen molar-refractivity contribution in [1.29, 1.82) is 0 Å². The van der Waals surface area contributed by atoms with Crippen LogP contribution in [0.4, 0.5) is 5.82 Å². The minimum absolute atomic E-state index is 0.433. The second-order valence-corrected chi connectivity index (χ2v) is 4.88. The van der Waals surface area contributed by atoms with E-state index >= 15 is 0 Å². The van der Waals surface area contributed by atoms with E-state index in [9.17, 15) is 0 Å². The third kappa shape index (κ3) is 3.47. The molecule has 1 aromatic carbocycles. The van der Waals surface area contributed by atoms with Gasteiger partial charge >= 0.3 is 0 Å². The Hall–Kier alpha value is -2.10. The summed E-state index contributed by atoms with van der Waals surface area (Å²) in [5, 5.41) is 0. The zero-order valence-corrected chi connectivity index (χ0v) is 12.3. The highest BCUT2D eigenvalue weighted by atomic mass is 16.5. The highest BCUT2D eigenvalue weighted by Gasteiger charge is 2.06. The predicted molar refractivity (Wildman–Crippen MR) is 81.0 cm³/mol. The Balaban J connectivity index is 2.15. The average Bonchev–Trinajstić information content (AvgIpc) is 2.46. The summed E-state index contributed by atoms with van der Waals surface area (Å²) < 4.78 is 5.74. The van der Waals surface area contributed by atoms with E-state index in [-0.39, 0.29) is 0 Å². The highest BCUT2D eigenvalue weighted by molar-refractivity contribution is 5.37. The third-order valence-corrected chi connectivity index (χ3v) is 3.37. The first-order valence-electron chi connectivity index (χ1n) is 7.03. The van der Waals surface area contributed by atoms with Gasteiger partial charge in [-0.3, -0.25) is 0 Å². The number of aromatic nitrogens is 2. The number of benzene rings is 1. The fraction of sp³-hybridized carbons (Fsp3) is 0.375. The number of ether oxygens (including phenoxy) is 1. The van der Waals surface area contributed by atoms with Gasteiger partial charge in [0.25, 0.3) is 0 Å². The number of aryl methyl sites for hydroxylation is 1. The first-order valence-corrected chi connectivity index (χ1v) is 7.03. The SMILES string of the molecule is CCc1nc(N)cc(Oc2ccc(C(C)CC)cc2)n1. The molecule has 1 unspecified atom stereocenters. The van der Waals surface area contributed by atoms with Crippen molar-refractivity contribution < 1.29 is 4.74 Å². The summed E-state index contributed by atoms with van der Waals surface area (Å²) in [7, 11) is 0. The molecule has 20 heavy (non-hydrogen) atoms. The Morgan fingerprint density at radius 1 is 1.15 bits per heavy atom. The summed E-state index contributed by atoms with van der Waals surface area (Å²) >= 11 is 0. The Bertz CT molecular complexity index is 566. The third-order valence-electron chi connectivity index (χ3n) is 3.37. The molecule has 106 valence electrons. The molecular formula is C16H21N3O. The molecule has 2 rings (SSSR count). The lowest BCUT2D eigenvalue weighted by atomic mass is 9.99. The standard InChI is InChI=1S/C16H21N3O/c1-4-11(3)12-6-8-13(9-7-12)20-16-10-14(17)18-15(5-2)19-16/h6-11H,4-5H2,1-3H3,(H2,17,18,19). The Morgan fingerprint density at radius 3 is 2.45 bits per heavy atom. The van der Waals surface area contributed by atoms with Crippen LogP contribution in [-0.4, -0.2) is 9.97 Å². The molecule has 0 aliphatic carbocycles. The van der Waals surface area contributed by atoms with Gasteiger partial charge in [-0.15, -0.1) is 0 Å². The summed E-state index contributed by atoms with van der Waals surface area (Å²) in [4.78, 5) is 8.44. The Kier molecular flexibility index (Phi) is 4.56. The van der Waals surface area contributed by atoms with Crippen LogP contribution in [0.25, 0.3) is 0 Å². The molecule has 0 spiro atoms. The molecule has 0 saturated carbocycles. The van der Waals surface area contributed by atoms with Crippen LogP contribution in [-0.2, 0) is 6.42 Å². The van der Waals surface area contributed by atoms with Crippen LogP contribution >= 0.6 is 0 Å². The number of anilines is 1. The second-order valence-electron chi connectivity index (χ2n) is 4.88. The molecule has 0 bridgehead atoms. The van der Waals surface area contributed by atoms with Gasteiger partial charge in [0.15, 0.2) is 0 Å². The van der Waals surface area contributed by atoms with Crippen LogP contribution in [0.1, 0.15) is 44.5 Å². The van der Waals surface area contributed by atoms with Crippen molar-refractivity contribution in [3.8, 4) is 11.6 Å². The van der Waals surface area contributed by atoms with Gasteiger partial charge in [-0.1, -0.05) is 32.9 Å². The molecule has 1 atom stereocenters. The van der Waals surface area contributed by atoms with Crippen LogP contribution in [0.2, 0.25) is 0 Å².